The maximum atomic E-state index is 5.17. The average Bonchev–Trinajstić information content (AvgIpc) is 3.93. The van der Waals surface area contributed by atoms with Crippen molar-refractivity contribution in [3.05, 3.63) is 223 Å². The number of rotatable bonds is 3. The van der Waals surface area contributed by atoms with Crippen molar-refractivity contribution in [3.8, 4) is 50.6 Å². The molecule has 1 spiro atoms. The molecule has 2 aliphatic rings. The molecule has 0 saturated carbocycles. The van der Waals surface area contributed by atoms with E-state index in [-0.39, 0.29) is 0 Å². The van der Waals surface area contributed by atoms with Gasteiger partial charge in [-0.25, -0.2) is 15.0 Å². The van der Waals surface area contributed by atoms with Crippen molar-refractivity contribution >= 4 is 54.1 Å². The maximum Gasteiger partial charge on any atom is 0.237 e. The van der Waals surface area contributed by atoms with Gasteiger partial charge in [0, 0.05) is 22.5 Å². The van der Waals surface area contributed by atoms with Crippen LogP contribution in [0.1, 0.15) is 22.3 Å². The molecule has 5 nitrogen and oxygen atoms in total. The fourth-order valence-corrected chi connectivity index (χ4v) is 11.3. The fourth-order valence-electron chi connectivity index (χ4n) is 11.3. The van der Waals surface area contributed by atoms with Crippen molar-refractivity contribution in [3.63, 3.8) is 0 Å². The summed E-state index contributed by atoms with van der Waals surface area (Å²) in [7, 11) is 0. The smallest absolute Gasteiger partial charge is 0.237 e. The van der Waals surface area contributed by atoms with Gasteiger partial charge >= 0.3 is 0 Å². The summed E-state index contributed by atoms with van der Waals surface area (Å²) >= 11 is 0. The number of hydrogen-bond donors (Lipinski definition) is 0. The summed E-state index contributed by atoms with van der Waals surface area (Å²) < 4.78 is 2.19. The van der Waals surface area contributed by atoms with E-state index in [4.69, 9.17) is 4.98 Å². The third kappa shape index (κ3) is 4.26. The normalized spacial score (nSPS) is 14.8. The van der Waals surface area contributed by atoms with Gasteiger partial charge in [-0.1, -0.05) is 152 Å². The molecule has 3 aromatic heterocycles. The fraction of sp³-hybridized carbons (Fsp3) is 0.0175. The molecule has 0 amide bonds. The van der Waals surface area contributed by atoms with Crippen molar-refractivity contribution < 1.29 is 0 Å². The van der Waals surface area contributed by atoms with Crippen LogP contribution in [-0.2, 0) is 5.41 Å². The van der Waals surface area contributed by atoms with Crippen molar-refractivity contribution in [2.24, 2.45) is 0 Å². The Morgan fingerprint density at radius 1 is 0.371 bits per heavy atom. The molecule has 3 heterocycles. The summed E-state index contributed by atoms with van der Waals surface area (Å²) in [6.07, 6.45) is 5.09. The van der Waals surface area contributed by atoms with E-state index < -0.39 is 5.41 Å². The second kappa shape index (κ2) is 12.4. The van der Waals surface area contributed by atoms with Crippen LogP contribution in [0, 0.1) is 0 Å². The van der Waals surface area contributed by atoms with E-state index in [0.717, 1.165) is 33.1 Å². The molecule has 1 atom stereocenters. The lowest BCUT2D eigenvalue weighted by atomic mass is 9.70. The predicted molar refractivity (Wildman–Crippen MR) is 252 cm³/mol. The number of hydrogen-bond acceptors (Lipinski definition) is 4. The second-order valence-electron chi connectivity index (χ2n) is 16.5. The van der Waals surface area contributed by atoms with Crippen molar-refractivity contribution in [1.82, 2.24) is 24.5 Å². The monoisotopic (exact) mass is 787 g/mol. The van der Waals surface area contributed by atoms with E-state index in [1.807, 2.05) is 6.20 Å². The van der Waals surface area contributed by atoms with Crippen molar-refractivity contribution in [1.29, 1.82) is 0 Å². The van der Waals surface area contributed by atoms with Crippen LogP contribution in [0.3, 0.4) is 0 Å². The van der Waals surface area contributed by atoms with E-state index >= 15 is 0 Å². The van der Waals surface area contributed by atoms with Crippen molar-refractivity contribution in [2.45, 2.75) is 5.41 Å². The molecule has 62 heavy (non-hydrogen) atoms. The maximum absolute atomic E-state index is 5.17. The lowest BCUT2D eigenvalue weighted by Gasteiger charge is -2.30. The van der Waals surface area contributed by atoms with Crippen LogP contribution in [0.25, 0.3) is 105 Å². The zero-order chi connectivity index (χ0) is 40.5. The second-order valence-corrected chi connectivity index (χ2v) is 16.5. The first kappa shape index (κ1) is 33.5. The molecule has 0 bridgehead atoms. The molecular weight excluding hydrogens is 755 g/mol. The summed E-state index contributed by atoms with van der Waals surface area (Å²) in [6.45, 7) is 0. The number of aromatic nitrogens is 5. The number of benzene rings is 9. The standard InChI is InChI=1S/C57H33N5/c1-2-15-36-34(13-1)14-11-22-39(36)54-42-20-5-3-18-40(42)53(41-19-4-6-21-43(41)54)35-26-27-44-49(29-35)57(48-24-12-28-59-55(44)48)47-23-9-7-16-37(47)45-30-46-38-17-8-10-25-51(38)62(52(46)31-50(45)57)56-60-32-58-33-61-56/h1-33H. The third-order valence-corrected chi connectivity index (χ3v) is 13.7. The Kier molecular flexibility index (Phi) is 6.70. The third-order valence-electron chi connectivity index (χ3n) is 13.7. The minimum Gasteiger partial charge on any atom is -0.278 e. The van der Waals surface area contributed by atoms with E-state index in [9.17, 15) is 0 Å². The molecule has 2 aliphatic carbocycles. The number of fused-ring (bicyclic) bond motifs is 16. The average molecular weight is 788 g/mol. The van der Waals surface area contributed by atoms with Crippen LogP contribution in [0.4, 0.5) is 0 Å². The molecule has 1 unspecified atom stereocenters. The summed E-state index contributed by atoms with van der Waals surface area (Å²) in [6, 6.07) is 67.3. The minimum atomic E-state index is -0.635. The van der Waals surface area contributed by atoms with E-state index in [1.54, 1.807) is 12.7 Å². The lowest BCUT2D eigenvalue weighted by Crippen LogP contribution is -2.26. The van der Waals surface area contributed by atoms with Gasteiger partial charge in [0.05, 0.1) is 22.1 Å². The number of pyridine rings is 1. The first-order valence-electron chi connectivity index (χ1n) is 21.1. The zero-order valence-corrected chi connectivity index (χ0v) is 33.3. The van der Waals surface area contributed by atoms with Gasteiger partial charge in [-0.3, -0.25) is 9.55 Å². The Hall–Kier alpha value is -8.28. The largest absolute Gasteiger partial charge is 0.278 e. The topological polar surface area (TPSA) is 56.5 Å². The Morgan fingerprint density at radius 2 is 1.00 bits per heavy atom. The Labute approximate surface area is 356 Å². The molecule has 0 N–H and O–H groups in total. The van der Waals surface area contributed by atoms with Gasteiger partial charge in [0.2, 0.25) is 5.95 Å². The highest BCUT2D eigenvalue weighted by molar-refractivity contribution is 6.24. The quantitative estimate of drug-likeness (QED) is 0.167. The van der Waals surface area contributed by atoms with Crippen LogP contribution in [0.15, 0.2) is 201 Å². The van der Waals surface area contributed by atoms with Gasteiger partial charge in [0.15, 0.2) is 0 Å². The molecule has 286 valence electrons. The molecule has 5 heteroatoms. The van der Waals surface area contributed by atoms with E-state index in [1.165, 1.54) is 88.0 Å². The molecular formula is C57H33N5. The van der Waals surface area contributed by atoms with Crippen LogP contribution in [0.5, 0.6) is 0 Å². The highest BCUT2D eigenvalue weighted by atomic mass is 15.2. The molecule has 0 saturated heterocycles. The van der Waals surface area contributed by atoms with Gasteiger partial charge in [-0.15, -0.1) is 0 Å². The Bertz CT molecular complexity index is 3820. The summed E-state index contributed by atoms with van der Waals surface area (Å²) in [5.41, 5.74) is 16.0. The number of para-hydroxylation sites is 1. The lowest BCUT2D eigenvalue weighted by molar-refractivity contribution is 0.792. The molecule has 9 aromatic carbocycles. The molecule has 14 rings (SSSR count). The van der Waals surface area contributed by atoms with Crippen LogP contribution < -0.4 is 0 Å². The van der Waals surface area contributed by atoms with Gasteiger partial charge in [0.25, 0.3) is 0 Å². The molecule has 0 radical (unpaired) electrons. The predicted octanol–water partition coefficient (Wildman–Crippen LogP) is 13.5. The zero-order valence-electron chi connectivity index (χ0n) is 33.3. The SMILES string of the molecule is c1ccc2c(c1)-c1cc3c4ccccc4n(-c4ncncn4)c3cc1C21c2cc(-c3c4ccccc4c(-c4cccc5ccccc45)c4ccccc34)ccc2-c2ncccc21. The molecule has 0 fully saturated rings. The minimum absolute atomic E-state index is 0.595. The number of nitrogens with zero attached hydrogens (tertiary/aromatic N) is 5. The highest BCUT2D eigenvalue weighted by Gasteiger charge is 2.52. The Balaban J connectivity index is 1.09. The first-order valence-corrected chi connectivity index (χ1v) is 21.1. The van der Waals surface area contributed by atoms with E-state index in [2.05, 4.69) is 202 Å². The Morgan fingerprint density at radius 3 is 1.81 bits per heavy atom. The summed E-state index contributed by atoms with van der Waals surface area (Å²) in [5.74, 6) is 0.595. The first-order chi connectivity index (χ1) is 30.8. The van der Waals surface area contributed by atoms with E-state index in [0.29, 0.717) is 5.95 Å². The molecule has 0 aliphatic heterocycles. The van der Waals surface area contributed by atoms with Gasteiger partial charge in [0.1, 0.15) is 12.7 Å². The van der Waals surface area contributed by atoms with Crippen LogP contribution >= 0.6 is 0 Å². The van der Waals surface area contributed by atoms with Gasteiger partial charge in [-0.05, 0) is 118 Å². The molecule has 12 aromatic rings. The van der Waals surface area contributed by atoms with Crippen LogP contribution in [0.2, 0.25) is 0 Å². The van der Waals surface area contributed by atoms with Crippen LogP contribution in [-0.4, -0.2) is 24.5 Å². The van der Waals surface area contributed by atoms with Gasteiger partial charge in [-0.2, -0.15) is 0 Å². The van der Waals surface area contributed by atoms with Gasteiger partial charge < -0.3 is 0 Å². The highest BCUT2D eigenvalue weighted by Crippen LogP contribution is 2.63. The summed E-state index contributed by atoms with van der Waals surface area (Å²) in [5, 5.41) is 9.75. The van der Waals surface area contributed by atoms with Crippen molar-refractivity contribution in [2.75, 3.05) is 0 Å². The summed E-state index contributed by atoms with van der Waals surface area (Å²) in [4.78, 5) is 18.7.